The molecule has 2 heterocycles. The average molecular weight is 238 g/mol. The van der Waals surface area contributed by atoms with Crippen LogP contribution in [-0.4, -0.2) is 42.4 Å². The molecule has 6 nitrogen and oxygen atoms in total. The normalized spacial score (nSPS) is 24.8. The maximum Gasteiger partial charge on any atom is 0.225 e. The molecular formula is C11H18N4O2. The van der Waals surface area contributed by atoms with Crippen LogP contribution in [0.1, 0.15) is 13.8 Å². The third kappa shape index (κ3) is 2.58. The number of nitrogens with zero attached hydrogens (tertiary/aromatic N) is 3. The van der Waals surface area contributed by atoms with Crippen molar-refractivity contribution in [2.75, 3.05) is 30.9 Å². The van der Waals surface area contributed by atoms with Crippen molar-refractivity contribution >= 4 is 11.8 Å². The molecule has 0 bridgehead atoms. The van der Waals surface area contributed by atoms with Crippen LogP contribution in [0.3, 0.4) is 0 Å². The Bertz CT molecular complexity index is 399. The molecule has 17 heavy (non-hydrogen) atoms. The molecule has 2 rings (SSSR count). The van der Waals surface area contributed by atoms with Gasteiger partial charge in [0.25, 0.3) is 0 Å². The Morgan fingerprint density at radius 1 is 1.47 bits per heavy atom. The van der Waals surface area contributed by atoms with E-state index in [1.54, 1.807) is 13.2 Å². The molecule has 1 aliphatic heterocycles. The summed E-state index contributed by atoms with van der Waals surface area (Å²) in [5, 5.41) is 0. The van der Waals surface area contributed by atoms with Crippen LogP contribution in [-0.2, 0) is 4.74 Å². The molecule has 1 fully saturated rings. The van der Waals surface area contributed by atoms with E-state index in [0.717, 1.165) is 12.4 Å². The van der Waals surface area contributed by atoms with Crippen molar-refractivity contribution in [2.45, 2.75) is 26.0 Å². The highest BCUT2D eigenvalue weighted by Gasteiger charge is 2.25. The molecule has 0 aliphatic carbocycles. The topological polar surface area (TPSA) is 73.5 Å². The minimum Gasteiger partial charge on any atom is -0.481 e. The first kappa shape index (κ1) is 11.9. The Kier molecular flexibility index (Phi) is 3.33. The minimum atomic E-state index is 0.188. The Hall–Kier alpha value is -1.56. The fourth-order valence-electron chi connectivity index (χ4n) is 1.90. The predicted molar refractivity (Wildman–Crippen MR) is 65.2 cm³/mol. The van der Waals surface area contributed by atoms with Crippen molar-refractivity contribution in [3.05, 3.63) is 6.07 Å². The maximum absolute atomic E-state index is 5.66. The summed E-state index contributed by atoms with van der Waals surface area (Å²) < 4.78 is 10.7. The van der Waals surface area contributed by atoms with Gasteiger partial charge in [0.15, 0.2) is 0 Å². The molecule has 0 spiro atoms. The number of anilines is 2. The van der Waals surface area contributed by atoms with Crippen LogP contribution in [0.2, 0.25) is 0 Å². The summed E-state index contributed by atoms with van der Waals surface area (Å²) in [5.74, 6) is 1.50. The van der Waals surface area contributed by atoms with Gasteiger partial charge in [-0.3, -0.25) is 0 Å². The van der Waals surface area contributed by atoms with E-state index in [1.807, 2.05) is 6.92 Å². The molecule has 0 amide bonds. The zero-order chi connectivity index (χ0) is 12.4. The van der Waals surface area contributed by atoms with Gasteiger partial charge >= 0.3 is 0 Å². The van der Waals surface area contributed by atoms with Gasteiger partial charge in [0, 0.05) is 12.6 Å². The average Bonchev–Trinajstić information content (AvgIpc) is 2.31. The van der Waals surface area contributed by atoms with Gasteiger partial charge in [-0.1, -0.05) is 0 Å². The lowest BCUT2D eigenvalue weighted by molar-refractivity contribution is 0.0340. The largest absolute Gasteiger partial charge is 0.481 e. The Morgan fingerprint density at radius 2 is 2.24 bits per heavy atom. The fourth-order valence-corrected chi connectivity index (χ4v) is 1.90. The first-order valence-electron chi connectivity index (χ1n) is 5.67. The van der Waals surface area contributed by atoms with Gasteiger partial charge in [0.05, 0.1) is 25.9 Å². The third-order valence-electron chi connectivity index (χ3n) is 2.82. The first-order valence-corrected chi connectivity index (χ1v) is 5.67. The molecule has 94 valence electrons. The molecule has 2 N–H and O–H groups in total. The van der Waals surface area contributed by atoms with E-state index >= 15 is 0 Å². The van der Waals surface area contributed by atoms with Crippen LogP contribution in [0, 0.1) is 0 Å². The molecule has 0 saturated carbocycles. The fraction of sp³-hybridized carbons (Fsp3) is 0.636. The summed E-state index contributed by atoms with van der Waals surface area (Å²) in [6, 6.07) is 2.07. The van der Waals surface area contributed by atoms with Crippen LogP contribution in [0.25, 0.3) is 0 Å². The first-order chi connectivity index (χ1) is 8.10. The second-order valence-corrected chi connectivity index (χ2v) is 4.27. The van der Waals surface area contributed by atoms with E-state index < -0.39 is 0 Å². The van der Waals surface area contributed by atoms with E-state index in [1.165, 1.54) is 0 Å². The number of nitrogens with two attached hydrogens (primary N) is 1. The van der Waals surface area contributed by atoms with Crippen molar-refractivity contribution in [1.82, 2.24) is 9.97 Å². The smallest absolute Gasteiger partial charge is 0.225 e. The van der Waals surface area contributed by atoms with E-state index in [2.05, 4.69) is 21.8 Å². The molecule has 1 aromatic heterocycles. The van der Waals surface area contributed by atoms with Crippen molar-refractivity contribution in [3.63, 3.8) is 0 Å². The van der Waals surface area contributed by atoms with Crippen LogP contribution in [0.5, 0.6) is 5.88 Å². The quantitative estimate of drug-likeness (QED) is 0.816. The SMILES string of the molecule is COc1cc(N2CC(C)OCC2C)nc(N)n1. The van der Waals surface area contributed by atoms with Gasteiger partial charge in [-0.05, 0) is 13.8 Å². The predicted octanol–water partition coefficient (Wildman–Crippen LogP) is 0.681. The number of nitrogen functional groups attached to an aromatic ring is 1. The van der Waals surface area contributed by atoms with Gasteiger partial charge in [-0.25, -0.2) is 0 Å². The van der Waals surface area contributed by atoms with Crippen molar-refractivity contribution in [1.29, 1.82) is 0 Å². The van der Waals surface area contributed by atoms with E-state index in [0.29, 0.717) is 12.5 Å². The number of hydrogen-bond donors (Lipinski definition) is 1. The lowest BCUT2D eigenvalue weighted by atomic mass is 10.2. The zero-order valence-electron chi connectivity index (χ0n) is 10.4. The minimum absolute atomic E-state index is 0.188. The van der Waals surface area contributed by atoms with Gasteiger partial charge in [0.1, 0.15) is 5.82 Å². The second-order valence-electron chi connectivity index (χ2n) is 4.27. The molecule has 0 radical (unpaired) electrons. The second kappa shape index (κ2) is 4.75. The number of methoxy groups -OCH3 is 1. The van der Waals surface area contributed by atoms with Crippen LogP contribution < -0.4 is 15.4 Å². The Balaban J connectivity index is 2.28. The number of ether oxygens (including phenoxy) is 2. The zero-order valence-corrected chi connectivity index (χ0v) is 10.4. The summed E-state index contributed by atoms with van der Waals surface area (Å²) in [7, 11) is 1.57. The monoisotopic (exact) mass is 238 g/mol. The summed E-state index contributed by atoms with van der Waals surface area (Å²) in [4.78, 5) is 10.4. The van der Waals surface area contributed by atoms with E-state index in [4.69, 9.17) is 15.2 Å². The van der Waals surface area contributed by atoms with Crippen molar-refractivity contribution in [2.24, 2.45) is 0 Å². The van der Waals surface area contributed by atoms with Gasteiger partial charge in [-0.2, -0.15) is 9.97 Å². The molecule has 2 unspecified atom stereocenters. The highest BCUT2D eigenvalue weighted by molar-refractivity contribution is 5.46. The number of aromatic nitrogens is 2. The number of hydrogen-bond acceptors (Lipinski definition) is 6. The van der Waals surface area contributed by atoms with Crippen molar-refractivity contribution in [3.8, 4) is 5.88 Å². The van der Waals surface area contributed by atoms with E-state index in [9.17, 15) is 0 Å². The molecule has 1 aliphatic rings. The van der Waals surface area contributed by atoms with Gasteiger partial charge in [0.2, 0.25) is 11.8 Å². The van der Waals surface area contributed by atoms with E-state index in [-0.39, 0.29) is 18.1 Å². The summed E-state index contributed by atoms with van der Waals surface area (Å²) >= 11 is 0. The number of rotatable bonds is 2. The van der Waals surface area contributed by atoms with Gasteiger partial charge in [-0.15, -0.1) is 0 Å². The molecular weight excluding hydrogens is 220 g/mol. The summed E-state index contributed by atoms with van der Waals surface area (Å²) in [6.45, 7) is 5.62. The molecule has 1 saturated heterocycles. The standard InChI is InChI=1S/C11H18N4O2/c1-7-6-17-8(2)5-15(7)9-4-10(16-3)14-11(12)13-9/h4,7-8H,5-6H2,1-3H3,(H2,12,13,14). The van der Waals surface area contributed by atoms with Crippen LogP contribution in [0.4, 0.5) is 11.8 Å². The Morgan fingerprint density at radius 3 is 2.94 bits per heavy atom. The lowest BCUT2D eigenvalue weighted by Gasteiger charge is -2.37. The molecule has 6 heteroatoms. The summed E-state index contributed by atoms with van der Waals surface area (Å²) in [6.07, 6.45) is 0.188. The van der Waals surface area contributed by atoms with Crippen LogP contribution >= 0.6 is 0 Å². The lowest BCUT2D eigenvalue weighted by Crippen LogP contribution is -2.47. The highest BCUT2D eigenvalue weighted by Crippen LogP contribution is 2.23. The molecule has 2 atom stereocenters. The van der Waals surface area contributed by atoms with Gasteiger partial charge < -0.3 is 20.1 Å². The highest BCUT2D eigenvalue weighted by atomic mass is 16.5. The van der Waals surface area contributed by atoms with Crippen molar-refractivity contribution < 1.29 is 9.47 Å². The summed E-state index contributed by atoms with van der Waals surface area (Å²) in [5.41, 5.74) is 5.66. The molecule has 1 aromatic rings. The maximum atomic E-state index is 5.66. The Labute approximate surface area is 101 Å². The van der Waals surface area contributed by atoms with Crippen LogP contribution in [0.15, 0.2) is 6.07 Å². The molecule has 0 aromatic carbocycles. The third-order valence-corrected chi connectivity index (χ3v) is 2.82. The number of morpholine rings is 1.